The molecule has 0 aliphatic rings. The van der Waals surface area contributed by atoms with Gasteiger partial charge in [-0.3, -0.25) is 4.79 Å². The molecule has 5 nitrogen and oxygen atoms in total. The van der Waals surface area contributed by atoms with Crippen LogP contribution in [0.3, 0.4) is 0 Å². The number of hydrogen-bond acceptors (Lipinski definition) is 4. The predicted octanol–water partition coefficient (Wildman–Crippen LogP) is 2.63. The van der Waals surface area contributed by atoms with Gasteiger partial charge in [0.2, 0.25) is 10.0 Å². The summed E-state index contributed by atoms with van der Waals surface area (Å²) in [4.78, 5) is 12.7. The summed E-state index contributed by atoms with van der Waals surface area (Å²) < 4.78 is 22.4. The van der Waals surface area contributed by atoms with Crippen LogP contribution in [-0.2, 0) is 16.6 Å². The molecule has 0 aliphatic carbocycles. The van der Waals surface area contributed by atoms with Crippen molar-refractivity contribution in [1.82, 2.24) is 5.32 Å². The zero-order chi connectivity index (χ0) is 15.6. The summed E-state index contributed by atoms with van der Waals surface area (Å²) in [6.45, 7) is 0.169. The standard InChI is InChI=1S/C12H10Cl2N2O3S2/c13-9-3-1-2-8(11(9)14)12(17)16-6-7-4-5-10(20-7)21(15,18)19/h1-5H,6H2,(H,16,17)(H2,15,18,19). The van der Waals surface area contributed by atoms with Crippen LogP contribution in [-0.4, -0.2) is 14.3 Å². The lowest BCUT2D eigenvalue weighted by Gasteiger charge is -2.06. The number of amides is 1. The topological polar surface area (TPSA) is 89.3 Å². The van der Waals surface area contributed by atoms with Crippen LogP contribution in [0.2, 0.25) is 10.0 Å². The van der Waals surface area contributed by atoms with Gasteiger partial charge in [0.1, 0.15) is 4.21 Å². The summed E-state index contributed by atoms with van der Waals surface area (Å²) in [6, 6.07) is 7.73. The van der Waals surface area contributed by atoms with Crippen LogP contribution in [0.5, 0.6) is 0 Å². The van der Waals surface area contributed by atoms with Gasteiger partial charge in [-0.1, -0.05) is 29.3 Å². The van der Waals surface area contributed by atoms with Crippen molar-refractivity contribution >= 4 is 50.5 Å². The molecule has 1 amide bonds. The third kappa shape index (κ3) is 3.96. The minimum atomic E-state index is -3.72. The Morgan fingerprint density at radius 1 is 1.24 bits per heavy atom. The molecule has 0 aliphatic heterocycles. The van der Waals surface area contributed by atoms with Crippen molar-refractivity contribution in [2.45, 2.75) is 10.8 Å². The Bertz CT molecular complexity index is 788. The zero-order valence-electron chi connectivity index (χ0n) is 10.5. The monoisotopic (exact) mass is 364 g/mol. The second kappa shape index (κ2) is 6.33. The molecule has 21 heavy (non-hydrogen) atoms. The van der Waals surface area contributed by atoms with Gasteiger partial charge in [-0.15, -0.1) is 11.3 Å². The van der Waals surface area contributed by atoms with E-state index in [4.69, 9.17) is 28.3 Å². The minimum Gasteiger partial charge on any atom is -0.347 e. The van der Waals surface area contributed by atoms with Crippen molar-refractivity contribution in [1.29, 1.82) is 0 Å². The van der Waals surface area contributed by atoms with E-state index in [9.17, 15) is 13.2 Å². The average Bonchev–Trinajstić information content (AvgIpc) is 2.88. The van der Waals surface area contributed by atoms with Crippen LogP contribution >= 0.6 is 34.5 Å². The van der Waals surface area contributed by atoms with Gasteiger partial charge in [-0.2, -0.15) is 0 Å². The van der Waals surface area contributed by atoms with Gasteiger partial charge >= 0.3 is 0 Å². The summed E-state index contributed by atoms with van der Waals surface area (Å²) in [7, 11) is -3.72. The zero-order valence-corrected chi connectivity index (χ0v) is 13.6. The molecule has 2 aromatic rings. The van der Waals surface area contributed by atoms with Crippen LogP contribution in [0.25, 0.3) is 0 Å². The first-order chi connectivity index (χ1) is 9.79. The number of sulfonamides is 1. The summed E-state index contributed by atoms with van der Waals surface area (Å²) in [5, 5.41) is 8.12. The summed E-state index contributed by atoms with van der Waals surface area (Å²) in [5.41, 5.74) is 0.257. The molecule has 9 heteroatoms. The molecule has 0 atom stereocenters. The number of carbonyl (C=O) groups excluding carboxylic acids is 1. The van der Waals surface area contributed by atoms with Crippen LogP contribution in [0, 0.1) is 0 Å². The molecule has 0 bridgehead atoms. The van der Waals surface area contributed by atoms with Gasteiger partial charge < -0.3 is 5.32 Å². The quantitative estimate of drug-likeness (QED) is 0.873. The summed E-state index contributed by atoms with van der Waals surface area (Å²) >= 11 is 12.8. The van der Waals surface area contributed by atoms with E-state index in [1.165, 1.54) is 6.07 Å². The number of primary sulfonamides is 1. The van der Waals surface area contributed by atoms with E-state index in [2.05, 4.69) is 5.32 Å². The van der Waals surface area contributed by atoms with E-state index < -0.39 is 15.9 Å². The SMILES string of the molecule is NS(=O)(=O)c1ccc(CNC(=O)c2cccc(Cl)c2Cl)s1. The van der Waals surface area contributed by atoms with E-state index in [0.717, 1.165) is 11.3 Å². The second-order valence-corrected chi connectivity index (χ2v) is 7.79. The smallest absolute Gasteiger partial charge is 0.253 e. The maximum atomic E-state index is 12.0. The number of rotatable bonds is 4. The van der Waals surface area contributed by atoms with Crippen LogP contribution in [0.4, 0.5) is 0 Å². The average molecular weight is 365 g/mol. The molecule has 1 aromatic heterocycles. The first kappa shape index (κ1) is 16.3. The number of carbonyl (C=O) groups is 1. The maximum absolute atomic E-state index is 12.0. The highest BCUT2D eigenvalue weighted by Gasteiger charge is 2.14. The largest absolute Gasteiger partial charge is 0.347 e. The van der Waals surface area contributed by atoms with Crippen LogP contribution in [0.1, 0.15) is 15.2 Å². The van der Waals surface area contributed by atoms with Gasteiger partial charge in [0.25, 0.3) is 5.91 Å². The molecule has 3 N–H and O–H groups in total. The van der Waals surface area contributed by atoms with Gasteiger partial charge in [-0.25, -0.2) is 13.6 Å². The Labute approximate surface area is 135 Å². The Morgan fingerprint density at radius 3 is 2.57 bits per heavy atom. The molecule has 0 radical (unpaired) electrons. The van der Waals surface area contributed by atoms with Crippen molar-refractivity contribution in [2.24, 2.45) is 5.14 Å². The lowest BCUT2D eigenvalue weighted by molar-refractivity contribution is 0.0951. The number of nitrogens with one attached hydrogen (secondary N) is 1. The Morgan fingerprint density at radius 2 is 1.95 bits per heavy atom. The van der Waals surface area contributed by atoms with Gasteiger partial charge in [0.15, 0.2) is 0 Å². The molecule has 1 heterocycles. The number of thiophene rings is 1. The van der Waals surface area contributed by atoms with Crippen molar-refractivity contribution in [2.75, 3.05) is 0 Å². The third-order valence-corrected chi connectivity index (χ3v) is 5.88. The number of nitrogens with two attached hydrogens (primary N) is 1. The molecule has 0 unspecified atom stereocenters. The molecule has 0 spiro atoms. The normalized spacial score (nSPS) is 11.4. The molecule has 0 saturated heterocycles. The highest BCUT2D eigenvalue weighted by molar-refractivity contribution is 7.91. The molecular formula is C12H10Cl2N2O3S2. The molecule has 112 valence electrons. The molecule has 0 saturated carbocycles. The highest BCUT2D eigenvalue weighted by Crippen LogP contribution is 2.25. The van der Waals surface area contributed by atoms with Gasteiger partial charge in [0.05, 0.1) is 22.2 Å². The van der Waals surface area contributed by atoms with E-state index >= 15 is 0 Å². The highest BCUT2D eigenvalue weighted by atomic mass is 35.5. The van der Waals surface area contributed by atoms with Crippen LogP contribution in [0.15, 0.2) is 34.5 Å². The van der Waals surface area contributed by atoms with Gasteiger partial charge in [-0.05, 0) is 24.3 Å². The first-order valence-electron chi connectivity index (χ1n) is 5.63. The first-order valence-corrected chi connectivity index (χ1v) is 8.74. The summed E-state index contributed by atoms with van der Waals surface area (Å²) in [5.74, 6) is -0.395. The number of benzene rings is 1. The van der Waals surface area contributed by atoms with Crippen LogP contribution < -0.4 is 10.5 Å². The van der Waals surface area contributed by atoms with E-state index in [-0.39, 0.29) is 26.4 Å². The Balaban J connectivity index is 2.08. The fourth-order valence-corrected chi connectivity index (χ4v) is 3.65. The van der Waals surface area contributed by atoms with Crippen molar-refractivity contribution in [3.8, 4) is 0 Å². The number of hydrogen-bond donors (Lipinski definition) is 2. The lowest BCUT2D eigenvalue weighted by Crippen LogP contribution is -2.22. The lowest BCUT2D eigenvalue weighted by atomic mass is 10.2. The van der Waals surface area contributed by atoms with E-state index in [1.54, 1.807) is 24.3 Å². The van der Waals surface area contributed by atoms with Crippen molar-refractivity contribution < 1.29 is 13.2 Å². The fourth-order valence-electron chi connectivity index (χ4n) is 1.55. The maximum Gasteiger partial charge on any atom is 0.253 e. The molecule has 1 aromatic carbocycles. The summed E-state index contributed by atoms with van der Waals surface area (Å²) in [6.07, 6.45) is 0. The Hall–Kier alpha value is -1.12. The third-order valence-electron chi connectivity index (χ3n) is 2.54. The molecule has 0 fully saturated rings. The Kier molecular flexibility index (Phi) is 4.90. The molecular weight excluding hydrogens is 355 g/mol. The van der Waals surface area contributed by atoms with E-state index in [1.807, 2.05) is 0 Å². The fraction of sp³-hybridized carbons (Fsp3) is 0.0833. The molecule has 2 rings (SSSR count). The second-order valence-electron chi connectivity index (χ2n) is 4.05. The van der Waals surface area contributed by atoms with Crippen molar-refractivity contribution in [3.63, 3.8) is 0 Å². The minimum absolute atomic E-state index is 0.0486. The predicted molar refractivity (Wildman–Crippen MR) is 83.3 cm³/mol. The van der Waals surface area contributed by atoms with E-state index in [0.29, 0.717) is 4.88 Å². The van der Waals surface area contributed by atoms with Gasteiger partial charge in [0, 0.05) is 4.88 Å². The number of halogens is 2. The van der Waals surface area contributed by atoms with Crippen molar-refractivity contribution in [3.05, 3.63) is 50.8 Å².